The van der Waals surface area contributed by atoms with Crippen molar-refractivity contribution in [1.82, 2.24) is 20.6 Å². The van der Waals surface area contributed by atoms with Gasteiger partial charge >= 0.3 is 11.9 Å². The maximum absolute atomic E-state index is 12.1. The third kappa shape index (κ3) is 8.80. The number of ether oxygens (including phenoxy) is 2. The molecule has 0 aliphatic heterocycles. The first-order chi connectivity index (χ1) is 13.5. The van der Waals surface area contributed by atoms with Gasteiger partial charge in [-0.1, -0.05) is 12.1 Å². The molecule has 0 aliphatic carbocycles. The van der Waals surface area contributed by atoms with Crippen molar-refractivity contribution in [3.63, 3.8) is 0 Å². The Kier molecular flexibility index (Phi) is 16.1. The highest BCUT2D eigenvalue weighted by atomic mass is 16.5. The summed E-state index contributed by atoms with van der Waals surface area (Å²) in [6, 6.07) is 8.77. The van der Waals surface area contributed by atoms with Crippen molar-refractivity contribution in [2.24, 2.45) is 0 Å². The van der Waals surface area contributed by atoms with E-state index in [2.05, 4.69) is 30.1 Å². The zero-order valence-electron chi connectivity index (χ0n) is 17.2. The lowest BCUT2D eigenvalue weighted by atomic mass is 10.3. The summed E-state index contributed by atoms with van der Waals surface area (Å²) in [5.41, 5.74) is 0.114. The van der Waals surface area contributed by atoms with E-state index < -0.39 is 23.8 Å². The van der Waals surface area contributed by atoms with E-state index in [9.17, 15) is 19.2 Å². The van der Waals surface area contributed by atoms with E-state index >= 15 is 0 Å². The Hall–Kier alpha value is -3.98. The van der Waals surface area contributed by atoms with Crippen molar-refractivity contribution >= 4 is 23.8 Å². The highest BCUT2D eigenvalue weighted by molar-refractivity contribution is 5.95. The molecule has 2 aromatic heterocycles. The van der Waals surface area contributed by atoms with Crippen molar-refractivity contribution in [3.8, 4) is 0 Å². The van der Waals surface area contributed by atoms with Crippen LogP contribution in [0.1, 0.15) is 42.0 Å². The van der Waals surface area contributed by atoms with E-state index in [1.807, 2.05) is 0 Å². The van der Waals surface area contributed by atoms with Gasteiger partial charge in [-0.15, -0.1) is 0 Å². The van der Waals surface area contributed by atoms with Gasteiger partial charge in [0.2, 0.25) is 0 Å². The monoisotopic (exact) mass is 458 g/mol. The molecule has 0 saturated carbocycles. The minimum absolute atomic E-state index is 0. The largest absolute Gasteiger partial charge is 0.464 e. The minimum Gasteiger partial charge on any atom is -0.464 e. The maximum Gasteiger partial charge on any atom is 0.356 e. The van der Waals surface area contributed by atoms with Gasteiger partial charge in [0, 0.05) is 13.1 Å². The van der Waals surface area contributed by atoms with Gasteiger partial charge in [-0.25, -0.2) is 19.6 Å². The summed E-state index contributed by atoms with van der Waals surface area (Å²) in [4.78, 5) is 54.9. The van der Waals surface area contributed by atoms with Gasteiger partial charge in [-0.2, -0.15) is 0 Å². The van der Waals surface area contributed by atoms with E-state index in [4.69, 9.17) is 0 Å². The molecule has 0 spiro atoms. The number of rotatable bonds is 7. The average Bonchev–Trinajstić information content (AvgIpc) is 2.75. The Morgan fingerprint density at radius 2 is 0.969 bits per heavy atom. The zero-order valence-corrected chi connectivity index (χ0v) is 17.2. The first-order valence-corrected chi connectivity index (χ1v) is 8.13. The number of methoxy groups -OCH3 is 2. The lowest BCUT2D eigenvalue weighted by molar-refractivity contribution is 0.0584. The minimum atomic E-state index is -0.649. The van der Waals surface area contributed by atoms with Crippen LogP contribution in [0.25, 0.3) is 0 Å². The van der Waals surface area contributed by atoms with Gasteiger partial charge in [0.15, 0.2) is 0 Å². The third-order valence-corrected chi connectivity index (χ3v) is 3.45. The standard InChI is InChI=1S/C18H18N4O6.4H2O/c1-27-17(25)13-7-3-5-11(21-13)15(23)19-9-10-20-16(24)12-6-4-8-14(22-12)18(26)28-2;;;;/h3-8H,9-10H2,1-2H3,(H,19,23)(H,20,24);4*1H2. The molecule has 0 fully saturated rings. The van der Waals surface area contributed by atoms with Crippen molar-refractivity contribution in [2.45, 2.75) is 0 Å². The Bertz CT molecular complexity index is 833. The van der Waals surface area contributed by atoms with Crippen LogP contribution in [-0.2, 0) is 9.47 Å². The molecule has 2 heterocycles. The molecule has 2 aromatic rings. The Balaban J connectivity index is -0.00000210. The fourth-order valence-electron chi connectivity index (χ4n) is 2.09. The molecule has 0 saturated heterocycles. The van der Waals surface area contributed by atoms with E-state index in [1.165, 1.54) is 50.6 Å². The van der Waals surface area contributed by atoms with Crippen LogP contribution in [-0.4, -0.2) is 82.9 Å². The quantitative estimate of drug-likeness (QED) is 0.316. The van der Waals surface area contributed by atoms with Crippen molar-refractivity contribution in [3.05, 3.63) is 59.2 Å². The van der Waals surface area contributed by atoms with Crippen LogP contribution >= 0.6 is 0 Å². The molecule has 2 amide bonds. The first kappa shape index (κ1) is 32.7. The second kappa shape index (κ2) is 15.8. The van der Waals surface area contributed by atoms with Gasteiger partial charge in [-0.3, -0.25) is 9.59 Å². The number of nitrogens with one attached hydrogen (secondary N) is 2. The van der Waals surface area contributed by atoms with Crippen molar-refractivity contribution in [1.29, 1.82) is 0 Å². The zero-order chi connectivity index (χ0) is 20.5. The van der Waals surface area contributed by atoms with Crippen LogP contribution < -0.4 is 10.6 Å². The summed E-state index contributed by atoms with van der Waals surface area (Å²) in [5.74, 6) is -2.32. The van der Waals surface area contributed by atoms with Crippen LogP contribution in [0, 0.1) is 0 Å². The maximum atomic E-state index is 12.1. The number of hydrogen-bond donors (Lipinski definition) is 2. The third-order valence-electron chi connectivity index (χ3n) is 3.45. The molecule has 2 rings (SSSR count). The Labute approximate surface area is 182 Å². The van der Waals surface area contributed by atoms with Crippen LogP contribution in [0.15, 0.2) is 36.4 Å². The molecule has 10 N–H and O–H groups in total. The average molecular weight is 458 g/mol. The number of hydrogen-bond acceptors (Lipinski definition) is 8. The molecule has 0 radical (unpaired) electrons. The summed E-state index contributed by atoms with van der Waals surface area (Å²) >= 11 is 0. The van der Waals surface area contributed by atoms with Gasteiger partial charge in [0.05, 0.1) is 14.2 Å². The molecular weight excluding hydrogens is 432 g/mol. The Morgan fingerprint density at radius 1 is 0.656 bits per heavy atom. The van der Waals surface area contributed by atoms with E-state index in [-0.39, 0.29) is 57.8 Å². The number of amides is 2. The van der Waals surface area contributed by atoms with Crippen molar-refractivity contribution < 1.29 is 50.6 Å². The van der Waals surface area contributed by atoms with Gasteiger partial charge in [0.1, 0.15) is 22.8 Å². The SMILES string of the molecule is COC(=O)c1cccc(C(=O)NCCNC(=O)c2cccc(C(=O)OC)n2)n1.O.O.O.O. The number of aromatic nitrogens is 2. The summed E-state index contributed by atoms with van der Waals surface area (Å²) in [7, 11) is 2.43. The smallest absolute Gasteiger partial charge is 0.356 e. The lowest BCUT2D eigenvalue weighted by Crippen LogP contribution is -2.35. The highest BCUT2D eigenvalue weighted by Crippen LogP contribution is 2.02. The second-order valence-electron chi connectivity index (χ2n) is 5.31. The fourth-order valence-corrected chi connectivity index (χ4v) is 2.09. The van der Waals surface area contributed by atoms with Crippen LogP contribution in [0.3, 0.4) is 0 Å². The van der Waals surface area contributed by atoms with Crippen LogP contribution in [0.4, 0.5) is 0 Å². The summed E-state index contributed by atoms with van der Waals surface area (Å²) in [5, 5.41) is 5.13. The number of nitrogens with zero attached hydrogens (tertiary/aromatic N) is 2. The molecule has 0 bridgehead atoms. The normalized spacial score (nSPS) is 8.69. The molecule has 178 valence electrons. The summed E-state index contributed by atoms with van der Waals surface area (Å²) in [6.07, 6.45) is 0. The number of carbonyl (C=O) groups excluding carboxylic acids is 4. The molecule has 32 heavy (non-hydrogen) atoms. The van der Waals surface area contributed by atoms with Gasteiger partial charge < -0.3 is 42.0 Å². The number of pyridine rings is 2. The summed E-state index contributed by atoms with van der Waals surface area (Å²) < 4.78 is 9.11. The topological polar surface area (TPSA) is 263 Å². The molecule has 14 heteroatoms. The molecule has 0 aromatic carbocycles. The van der Waals surface area contributed by atoms with Gasteiger partial charge in [0.25, 0.3) is 11.8 Å². The van der Waals surface area contributed by atoms with Crippen LogP contribution in [0.2, 0.25) is 0 Å². The molecule has 0 atom stereocenters. The lowest BCUT2D eigenvalue weighted by Gasteiger charge is -2.08. The van der Waals surface area contributed by atoms with Gasteiger partial charge in [-0.05, 0) is 24.3 Å². The molecule has 0 unspecified atom stereocenters. The highest BCUT2D eigenvalue weighted by Gasteiger charge is 2.14. The Morgan fingerprint density at radius 3 is 1.28 bits per heavy atom. The van der Waals surface area contributed by atoms with Crippen molar-refractivity contribution in [2.75, 3.05) is 27.3 Å². The van der Waals surface area contributed by atoms with E-state index in [0.717, 1.165) is 0 Å². The fraction of sp³-hybridized carbons (Fsp3) is 0.222. The molecule has 0 aliphatic rings. The predicted molar refractivity (Wildman–Crippen MR) is 110 cm³/mol. The van der Waals surface area contributed by atoms with E-state index in [0.29, 0.717) is 0 Å². The number of esters is 2. The first-order valence-electron chi connectivity index (χ1n) is 8.13. The predicted octanol–water partition coefficient (Wildman–Crippen LogP) is -3.09. The summed E-state index contributed by atoms with van der Waals surface area (Å²) in [6.45, 7) is 0.233. The number of carbonyl (C=O) groups is 4. The van der Waals surface area contributed by atoms with Crippen LogP contribution in [0.5, 0.6) is 0 Å². The molecular formula is C18H26N4O10. The second-order valence-corrected chi connectivity index (χ2v) is 5.31. The molecule has 14 nitrogen and oxygen atoms in total. The van der Waals surface area contributed by atoms with E-state index in [1.54, 1.807) is 0 Å².